The normalized spacial score (nSPS) is 17.5. The van der Waals surface area contributed by atoms with Crippen molar-refractivity contribution in [2.75, 3.05) is 20.3 Å². The predicted molar refractivity (Wildman–Crippen MR) is 103 cm³/mol. The molecule has 2 aromatic carbocycles. The number of nitrogens with zero attached hydrogens (tertiary/aromatic N) is 2. The maximum Gasteiger partial charge on any atom is 0.138 e. The third kappa shape index (κ3) is 3.52. The van der Waals surface area contributed by atoms with E-state index in [0.29, 0.717) is 0 Å². The minimum atomic E-state index is 0.0100. The second kappa shape index (κ2) is 7.36. The smallest absolute Gasteiger partial charge is 0.138 e. The SMILES string of the molecule is COc1ccc(-n2ccc([C@@H]3OCCN3Cc3ccc(C)cc3)c2)cc1. The van der Waals surface area contributed by atoms with E-state index in [1.54, 1.807) is 7.11 Å². The Hall–Kier alpha value is -2.56. The summed E-state index contributed by atoms with van der Waals surface area (Å²) in [4.78, 5) is 2.39. The maximum absolute atomic E-state index is 6.03. The highest BCUT2D eigenvalue weighted by molar-refractivity contribution is 5.39. The minimum Gasteiger partial charge on any atom is -0.497 e. The first-order valence-electron chi connectivity index (χ1n) is 8.96. The third-order valence-corrected chi connectivity index (χ3v) is 4.86. The largest absolute Gasteiger partial charge is 0.497 e. The van der Waals surface area contributed by atoms with Gasteiger partial charge in [0.05, 0.1) is 13.7 Å². The van der Waals surface area contributed by atoms with E-state index in [1.807, 2.05) is 12.1 Å². The Balaban J connectivity index is 1.51. The number of rotatable bonds is 5. The molecule has 3 aromatic rings. The number of aromatic nitrogens is 1. The second-order valence-electron chi connectivity index (χ2n) is 6.73. The van der Waals surface area contributed by atoms with Crippen molar-refractivity contribution >= 4 is 0 Å². The third-order valence-electron chi connectivity index (χ3n) is 4.86. The standard InChI is InChI=1S/C22H24N2O2/c1-17-3-5-18(6-4-17)15-24-13-14-26-22(24)19-11-12-23(16-19)20-7-9-21(25-2)10-8-20/h3-12,16,22H,13-15H2,1-2H3/t22-/m0/s1. The molecule has 4 rings (SSSR count). The van der Waals surface area contributed by atoms with Crippen LogP contribution in [0.3, 0.4) is 0 Å². The minimum absolute atomic E-state index is 0.0100. The Morgan fingerprint density at radius 2 is 1.81 bits per heavy atom. The number of hydrogen-bond acceptors (Lipinski definition) is 3. The summed E-state index contributed by atoms with van der Waals surface area (Å²) >= 11 is 0. The second-order valence-corrected chi connectivity index (χ2v) is 6.73. The summed E-state index contributed by atoms with van der Waals surface area (Å²) < 4.78 is 13.4. The van der Waals surface area contributed by atoms with E-state index in [-0.39, 0.29) is 6.23 Å². The quantitative estimate of drug-likeness (QED) is 0.687. The fraction of sp³-hybridized carbons (Fsp3) is 0.273. The van der Waals surface area contributed by atoms with Gasteiger partial charge in [0, 0.05) is 36.7 Å². The first-order valence-corrected chi connectivity index (χ1v) is 8.96. The van der Waals surface area contributed by atoms with E-state index >= 15 is 0 Å². The molecule has 2 heterocycles. The van der Waals surface area contributed by atoms with Crippen LogP contribution in [0.15, 0.2) is 67.0 Å². The topological polar surface area (TPSA) is 26.6 Å². The van der Waals surface area contributed by atoms with Crippen LogP contribution in [0.4, 0.5) is 0 Å². The lowest BCUT2D eigenvalue weighted by molar-refractivity contribution is 0.0288. The van der Waals surface area contributed by atoms with Crippen LogP contribution in [0.2, 0.25) is 0 Å². The molecule has 0 bridgehead atoms. The predicted octanol–water partition coefficient (Wildman–Crippen LogP) is 4.33. The monoisotopic (exact) mass is 348 g/mol. The van der Waals surface area contributed by atoms with Crippen molar-refractivity contribution in [3.05, 3.63) is 83.7 Å². The molecule has 0 spiro atoms. The molecule has 26 heavy (non-hydrogen) atoms. The fourth-order valence-corrected chi connectivity index (χ4v) is 3.38. The van der Waals surface area contributed by atoms with Gasteiger partial charge in [0.2, 0.25) is 0 Å². The summed E-state index contributed by atoms with van der Waals surface area (Å²) in [6.07, 6.45) is 4.25. The molecule has 0 saturated carbocycles. The Bertz CT molecular complexity index is 853. The molecule has 1 fully saturated rings. The molecule has 0 aliphatic carbocycles. The number of methoxy groups -OCH3 is 1. The zero-order valence-corrected chi connectivity index (χ0v) is 15.3. The van der Waals surface area contributed by atoms with Crippen LogP contribution in [0.1, 0.15) is 22.9 Å². The van der Waals surface area contributed by atoms with E-state index in [4.69, 9.17) is 9.47 Å². The van der Waals surface area contributed by atoms with Crippen LogP contribution in [-0.4, -0.2) is 29.7 Å². The highest BCUT2D eigenvalue weighted by Crippen LogP contribution is 2.29. The first kappa shape index (κ1) is 16.9. The van der Waals surface area contributed by atoms with Gasteiger partial charge in [0.25, 0.3) is 0 Å². The molecular weight excluding hydrogens is 324 g/mol. The lowest BCUT2D eigenvalue weighted by Crippen LogP contribution is -2.23. The molecule has 0 radical (unpaired) electrons. The van der Waals surface area contributed by atoms with Crippen LogP contribution in [0.25, 0.3) is 5.69 Å². The van der Waals surface area contributed by atoms with Gasteiger partial charge in [-0.1, -0.05) is 29.8 Å². The molecule has 0 amide bonds. The van der Waals surface area contributed by atoms with Gasteiger partial charge >= 0.3 is 0 Å². The van der Waals surface area contributed by atoms with Crippen molar-refractivity contribution in [3.63, 3.8) is 0 Å². The van der Waals surface area contributed by atoms with Crippen LogP contribution < -0.4 is 4.74 Å². The number of ether oxygens (including phenoxy) is 2. The first-order chi connectivity index (χ1) is 12.7. The van der Waals surface area contributed by atoms with Crippen molar-refractivity contribution in [2.45, 2.75) is 19.7 Å². The lowest BCUT2D eigenvalue weighted by Gasteiger charge is -2.22. The summed E-state index contributed by atoms with van der Waals surface area (Å²) in [5, 5.41) is 0. The molecule has 134 valence electrons. The van der Waals surface area contributed by atoms with Gasteiger partial charge in [-0.2, -0.15) is 0 Å². The molecule has 1 saturated heterocycles. The van der Waals surface area contributed by atoms with Crippen LogP contribution in [0, 0.1) is 6.92 Å². The van der Waals surface area contributed by atoms with E-state index < -0.39 is 0 Å². The van der Waals surface area contributed by atoms with Crippen LogP contribution in [0.5, 0.6) is 5.75 Å². The molecular formula is C22H24N2O2. The number of hydrogen-bond donors (Lipinski definition) is 0. The Kier molecular flexibility index (Phi) is 4.78. The van der Waals surface area contributed by atoms with Gasteiger partial charge < -0.3 is 14.0 Å². The number of aryl methyl sites for hydroxylation is 1. The average Bonchev–Trinajstić information content (AvgIpc) is 3.33. The number of benzene rings is 2. The summed E-state index contributed by atoms with van der Waals surface area (Å²) in [6.45, 7) is 4.74. The zero-order valence-electron chi connectivity index (χ0n) is 15.3. The summed E-state index contributed by atoms with van der Waals surface area (Å²) in [5.41, 5.74) is 4.91. The van der Waals surface area contributed by atoms with Gasteiger partial charge in [0.1, 0.15) is 12.0 Å². The zero-order chi connectivity index (χ0) is 17.9. The van der Waals surface area contributed by atoms with Crippen molar-refractivity contribution < 1.29 is 9.47 Å². The molecule has 0 unspecified atom stereocenters. The van der Waals surface area contributed by atoms with Crippen molar-refractivity contribution in [2.24, 2.45) is 0 Å². The lowest BCUT2D eigenvalue weighted by atomic mass is 10.1. The Morgan fingerprint density at radius 1 is 1.04 bits per heavy atom. The van der Waals surface area contributed by atoms with Gasteiger partial charge in [-0.15, -0.1) is 0 Å². The molecule has 1 atom stereocenters. The highest BCUT2D eigenvalue weighted by atomic mass is 16.5. The molecule has 4 nitrogen and oxygen atoms in total. The fourth-order valence-electron chi connectivity index (χ4n) is 3.38. The molecule has 1 aromatic heterocycles. The van der Waals surface area contributed by atoms with Crippen LogP contribution >= 0.6 is 0 Å². The maximum atomic E-state index is 6.03. The molecule has 4 heteroatoms. The van der Waals surface area contributed by atoms with Gasteiger partial charge in [-0.05, 0) is 42.8 Å². The van der Waals surface area contributed by atoms with E-state index in [1.165, 1.54) is 16.7 Å². The van der Waals surface area contributed by atoms with E-state index in [2.05, 4.69) is 71.2 Å². The van der Waals surface area contributed by atoms with Gasteiger partial charge in [-0.25, -0.2) is 0 Å². The van der Waals surface area contributed by atoms with Crippen molar-refractivity contribution in [1.29, 1.82) is 0 Å². The van der Waals surface area contributed by atoms with E-state index in [0.717, 1.165) is 31.1 Å². The Morgan fingerprint density at radius 3 is 2.54 bits per heavy atom. The van der Waals surface area contributed by atoms with Crippen molar-refractivity contribution in [1.82, 2.24) is 9.47 Å². The molecule has 1 aliphatic heterocycles. The van der Waals surface area contributed by atoms with E-state index in [9.17, 15) is 0 Å². The van der Waals surface area contributed by atoms with Crippen LogP contribution in [-0.2, 0) is 11.3 Å². The Labute approximate surface area is 154 Å². The average molecular weight is 348 g/mol. The highest BCUT2D eigenvalue weighted by Gasteiger charge is 2.27. The summed E-state index contributed by atoms with van der Waals surface area (Å²) in [5.74, 6) is 0.865. The van der Waals surface area contributed by atoms with Gasteiger partial charge in [0.15, 0.2) is 0 Å². The van der Waals surface area contributed by atoms with Crippen molar-refractivity contribution in [3.8, 4) is 11.4 Å². The molecule has 1 aliphatic rings. The molecule has 0 N–H and O–H groups in total. The summed E-state index contributed by atoms with van der Waals surface area (Å²) in [7, 11) is 1.68. The summed E-state index contributed by atoms with van der Waals surface area (Å²) in [6, 6.07) is 19.0. The van der Waals surface area contributed by atoms with Gasteiger partial charge in [-0.3, -0.25) is 4.90 Å².